The maximum Gasteiger partial charge on any atom is 0.211 e. The molecule has 0 aliphatic rings. The quantitative estimate of drug-likeness (QED) is 0.237. The van der Waals surface area contributed by atoms with E-state index in [0.717, 1.165) is 46.0 Å². The first kappa shape index (κ1) is 20.5. The summed E-state index contributed by atoms with van der Waals surface area (Å²) in [6, 6.07) is 18.5. The van der Waals surface area contributed by atoms with Crippen molar-refractivity contribution in [3.05, 3.63) is 89.7 Å². The van der Waals surface area contributed by atoms with Gasteiger partial charge in [-0.2, -0.15) is 5.10 Å². The number of nitrogens with zero attached hydrogens (tertiary/aromatic N) is 3. The molecule has 2 heterocycles. The van der Waals surface area contributed by atoms with Crippen LogP contribution in [0.25, 0.3) is 10.6 Å². The fourth-order valence-corrected chi connectivity index (χ4v) is 5.42. The lowest BCUT2D eigenvalue weighted by Crippen LogP contribution is -2.11. The van der Waals surface area contributed by atoms with Crippen LogP contribution in [0.2, 0.25) is 0 Å². The molecule has 0 aliphatic heterocycles. The number of halogens is 2. The lowest BCUT2D eigenvalue weighted by atomic mass is 10.1. The molecule has 2 aromatic carbocycles. The van der Waals surface area contributed by atoms with Gasteiger partial charge in [-0.1, -0.05) is 46.3 Å². The summed E-state index contributed by atoms with van der Waals surface area (Å²) in [7, 11) is 0. The SMILES string of the molecule is Cc1cccc(C)c1N=c1scc(-c2ccc(Br)s2)n1/N=C\c1ccc(Br)cc1. The lowest BCUT2D eigenvalue weighted by molar-refractivity contribution is 0.855. The maximum atomic E-state index is 4.97. The summed E-state index contributed by atoms with van der Waals surface area (Å²) in [5.41, 5.74) is 5.37. The molecule has 29 heavy (non-hydrogen) atoms. The first-order chi connectivity index (χ1) is 14.0. The van der Waals surface area contributed by atoms with Crippen LogP contribution in [0.1, 0.15) is 16.7 Å². The number of benzene rings is 2. The summed E-state index contributed by atoms with van der Waals surface area (Å²) in [5, 5.41) is 6.91. The highest BCUT2D eigenvalue weighted by atomic mass is 79.9. The van der Waals surface area contributed by atoms with Crippen molar-refractivity contribution in [1.29, 1.82) is 0 Å². The number of thiophene rings is 1. The average molecular weight is 547 g/mol. The second-order valence-corrected chi connectivity index (χ2v) is 10.7. The largest absolute Gasteiger partial charge is 0.219 e. The molecule has 0 saturated heterocycles. The maximum absolute atomic E-state index is 4.97. The van der Waals surface area contributed by atoms with Gasteiger partial charge in [0.2, 0.25) is 4.80 Å². The standard InChI is InChI=1S/C22H17Br2N3S2/c1-14-4-3-5-15(2)21(14)26-22-27(25-12-16-6-8-17(23)9-7-16)18(13-28-22)19-10-11-20(24)29-19/h3-13H,1-2H3/b25-12-,26-22?. The van der Waals surface area contributed by atoms with E-state index in [1.807, 2.05) is 35.2 Å². The van der Waals surface area contributed by atoms with Crippen molar-refractivity contribution < 1.29 is 0 Å². The highest BCUT2D eigenvalue weighted by molar-refractivity contribution is 9.11. The van der Waals surface area contributed by atoms with Gasteiger partial charge in [-0.25, -0.2) is 9.67 Å². The van der Waals surface area contributed by atoms with E-state index in [9.17, 15) is 0 Å². The third-order valence-electron chi connectivity index (χ3n) is 4.35. The molecular formula is C22H17Br2N3S2. The van der Waals surface area contributed by atoms with E-state index in [2.05, 4.69) is 81.4 Å². The molecule has 0 saturated carbocycles. The van der Waals surface area contributed by atoms with Crippen molar-refractivity contribution in [2.75, 3.05) is 0 Å². The smallest absolute Gasteiger partial charge is 0.211 e. The molecular weight excluding hydrogens is 530 g/mol. The molecule has 4 rings (SSSR count). The van der Waals surface area contributed by atoms with Crippen molar-refractivity contribution in [3.63, 3.8) is 0 Å². The predicted molar refractivity (Wildman–Crippen MR) is 132 cm³/mol. The third kappa shape index (κ3) is 4.69. The molecule has 0 radical (unpaired) electrons. The van der Waals surface area contributed by atoms with E-state index < -0.39 is 0 Å². The van der Waals surface area contributed by atoms with E-state index in [1.165, 1.54) is 0 Å². The van der Waals surface area contributed by atoms with E-state index in [1.54, 1.807) is 22.7 Å². The molecule has 0 fully saturated rings. The summed E-state index contributed by atoms with van der Waals surface area (Å²) < 4.78 is 4.07. The lowest BCUT2D eigenvalue weighted by Gasteiger charge is -2.04. The Morgan fingerprint density at radius 1 is 0.931 bits per heavy atom. The van der Waals surface area contributed by atoms with Crippen molar-refractivity contribution in [1.82, 2.24) is 4.68 Å². The van der Waals surface area contributed by atoms with Crippen LogP contribution in [0.4, 0.5) is 5.69 Å². The molecule has 0 unspecified atom stereocenters. The Labute approximate surface area is 194 Å². The van der Waals surface area contributed by atoms with Gasteiger partial charge in [0.1, 0.15) is 0 Å². The van der Waals surface area contributed by atoms with Crippen LogP contribution < -0.4 is 4.80 Å². The number of para-hydroxylation sites is 1. The summed E-state index contributed by atoms with van der Waals surface area (Å²) >= 11 is 10.3. The fraction of sp³-hybridized carbons (Fsp3) is 0.0909. The minimum Gasteiger partial charge on any atom is -0.219 e. The summed E-state index contributed by atoms with van der Waals surface area (Å²) in [6.45, 7) is 4.18. The van der Waals surface area contributed by atoms with Crippen LogP contribution in [0.15, 0.2) is 78.3 Å². The Bertz CT molecular complexity index is 1230. The number of aryl methyl sites for hydroxylation is 2. The normalized spacial score (nSPS) is 12.2. The molecule has 7 heteroatoms. The van der Waals surface area contributed by atoms with Crippen molar-refractivity contribution in [2.24, 2.45) is 10.1 Å². The van der Waals surface area contributed by atoms with E-state index in [0.29, 0.717) is 0 Å². The van der Waals surface area contributed by atoms with E-state index >= 15 is 0 Å². The van der Waals surface area contributed by atoms with Gasteiger partial charge in [-0.05, 0) is 70.7 Å². The van der Waals surface area contributed by atoms with Crippen molar-refractivity contribution in [3.8, 4) is 10.6 Å². The van der Waals surface area contributed by atoms with Gasteiger partial charge in [0.25, 0.3) is 0 Å². The van der Waals surface area contributed by atoms with Gasteiger partial charge < -0.3 is 0 Å². The van der Waals surface area contributed by atoms with Crippen LogP contribution in [0.5, 0.6) is 0 Å². The van der Waals surface area contributed by atoms with Gasteiger partial charge in [-0.3, -0.25) is 0 Å². The first-order valence-electron chi connectivity index (χ1n) is 8.88. The molecule has 0 atom stereocenters. The second kappa shape index (κ2) is 8.92. The molecule has 0 N–H and O–H groups in total. The highest BCUT2D eigenvalue weighted by Gasteiger charge is 2.11. The number of rotatable bonds is 4. The van der Waals surface area contributed by atoms with E-state index in [-0.39, 0.29) is 0 Å². The minimum atomic E-state index is 0.843. The van der Waals surface area contributed by atoms with E-state index in [4.69, 9.17) is 10.1 Å². The Morgan fingerprint density at radius 2 is 1.66 bits per heavy atom. The summed E-state index contributed by atoms with van der Waals surface area (Å²) in [6.07, 6.45) is 1.87. The zero-order valence-electron chi connectivity index (χ0n) is 15.8. The van der Waals surface area contributed by atoms with Gasteiger partial charge in [-0.15, -0.1) is 22.7 Å². The fourth-order valence-electron chi connectivity index (χ4n) is 2.86. The van der Waals surface area contributed by atoms with Gasteiger partial charge in [0.15, 0.2) is 0 Å². The Kier molecular flexibility index (Phi) is 6.29. The molecule has 0 aliphatic carbocycles. The van der Waals surface area contributed by atoms with Crippen LogP contribution >= 0.6 is 54.5 Å². The van der Waals surface area contributed by atoms with Crippen LogP contribution in [-0.4, -0.2) is 10.9 Å². The molecule has 3 nitrogen and oxygen atoms in total. The molecule has 0 amide bonds. The molecule has 0 bridgehead atoms. The van der Waals surface area contributed by atoms with Gasteiger partial charge >= 0.3 is 0 Å². The van der Waals surface area contributed by atoms with Gasteiger partial charge in [0.05, 0.1) is 26.3 Å². The molecule has 4 aromatic rings. The van der Waals surface area contributed by atoms with Crippen molar-refractivity contribution >= 4 is 66.4 Å². The third-order valence-corrected chi connectivity index (χ3v) is 7.34. The zero-order chi connectivity index (χ0) is 20.4. The molecule has 2 aromatic heterocycles. The number of aromatic nitrogens is 1. The topological polar surface area (TPSA) is 29.6 Å². The Morgan fingerprint density at radius 3 is 2.31 bits per heavy atom. The van der Waals surface area contributed by atoms with Crippen LogP contribution in [0, 0.1) is 13.8 Å². The highest BCUT2D eigenvalue weighted by Crippen LogP contribution is 2.32. The van der Waals surface area contributed by atoms with Crippen molar-refractivity contribution in [2.45, 2.75) is 13.8 Å². The predicted octanol–water partition coefficient (Wildman–Crippen LogP) is 7.53. The van der Waals surface area contributed by atoms with Gasteiger partial charge in [0, 0.05) is 9.85 Å². The average Bonchev–Trinajstić information content (AvgIpc) is 3.30. The zero-order valence-corrected chi connectivity index (χ0v) is 20.6. The summed E-state index contributed by atoms with van der Waals surface area (Å²) in [4.78, 5) is 6.96. The number of hydrogen-bond acceptors (Lipinski definition) is 4. The summed E-state index contributed by atoms with van der Waals surface area (Å²) in [5.74, 6) is 0. The Balaban J connectivity index is 1.87. The number of hydrogen-bond donors (Lipinski definition) is 0. The molecule has 0 spiro atoms. The molecule has 146 valence electrons. The Hall–Kier alpha value is -1.80. The number of thiazole rings is 1. The van der Waals surface area contributed by atoms with Crippen LogP contribution in [0.3, 0.4) is 0 Å². The monoisotopic (exact) mass is 545 g/mol. The van der Waals surface area contributed by atoms with Crippen LogP contribution in [-0.2, 0) is 0 Å². The second-order valence-electron chi connectivity index (χ2n) is 6.47. The minimum absolute atomic E-state index is 0.843. The first-order valence-corrected chi connectivity index (χ1v) is 12.2.